The summed E-state index contributed by atoms with van der Waals surface area (Å²) in [5.74, 6) is 0. The van der Waals surface area contributed by atoms with Gasteiger partial charge in [0.15, 0.2) is 0 Å². The predicted octanol–water partition coefficient (Wildman–Crippen LogP) is -0.334. The van der Waals surface area contributed by atoms with Crippen molar-refractivity contribution in [1.29, 1.82) is 0 Å². The standard InChI is InChI=1S/C11H22N4O2S2/c1-11(2,10(12)18)14-5-7-15(8-6-14)19(16,17)13-9-3-4-9/h9,13H,3-8H2,1-2H3,(H2,12,18). The van der Waals surface area contributed by atoms with Crippen molar-refractivity contribution in [3.8, 4) is 0 Å². The number of thiocarbonyl (C=S) groups is 1. The Morgan fingerprint density at radius 1 is 1.26 bits per heavy atom. The number of nitrogens with two attached hydrogens (primary N) is 1. The average Bonchev–Trinajstić information content (AvgIpc) is 3.12. The molecule has 19 heavy (non-hydrogen) atoms. The number of hydrogen-bond acceptors (Lipinski definition) is 4. The second kappa shape index (κ2) is 5.25. The smallest absolute Gasteiger partial charge is 0.279 e. The van der Waals surface area contributed by atoms with Gasteiger partial charge in [0.05, 0.1) is 10.5 Å². The first-order valence-electron chi connectivity index (χ1n) is 6.56. The zero-order chi connectivity index (χ0) is 14.3. The van der Waals surface area contributed by atoms with Gasteiger partial charge in [-0.25, -0.2) is 0 Å². The molecule has 0 radical (unpaired) electrons. The lowest BCUT2D eigenvalue weighted by Crippen LogP contribution is -2.60. The van der Waals surface area contributed by atoms with Gasteiger partial charge >= 0.3 is 0 Å². The lowest BCUT2D eigenvalue weighted by atomic mass is 10.0. The van der Waals surface area contributed by atoms with Crippen molar-refractivity contribution in [1.82, 2.24) is 13.9 Å². The van der Waals surface area contributed by atoms with Crippen molar-refractivity contribution in [3.63, 3.8) is 0 Å². The quantitative estimate of drug-likeness (QED) is 0.680. The molecule has 0 unspecified atom stereocenters. The molecule has 0 aromatic heterocycles. The van der Waals surface area contributed by atoms with Crippen LogP contribution in [0.4, 0.5) is 0 Å². The molecule has 2 aliphatic rings. The van der Waals surface area contributed by atoms with Crippen LogP contribution in [0.2, 0.25) is 0 Å². The van der Waals surface area contributed by atoms with Crippen molar-refractivity contribution >= 4 is 27.4 Å². The van der Waals surface area contributed by atoms with Crippen LogP contribution in [0.25, 0.3) is 0 Å². The Balaban J connectivity index is 1.93. The molecule has 1 saturated carbocycles. The van der Waals surface area contributed by atoms with Crippen LogP contribution in [0.3, 0.4) is 0 Å². The Morgan fingerprint density at radius 3 is 2.21 bits per heavy atom. The van der Waals surface area contributed by atoms with Gasteiger partial charge < -0.3 is 5.73 Å². The molecule has 0 spiro atoms. The molecule has 6 nitrogen and oxygen atoms in total. The minimum atomic E-state index is -3.32. The van der Waals surface area contributed by atoms with Crippen molar-refractivity contribution in [2.75, 3.05) is 26.2 Å². The summed E-state index contributed by atoms with van der Waals surface area (Å²) in [5, 5.41) is 0. The Bertz CT molecular complexity index is 451. The van der Waals surface area contributed by atoms with Crippen LogP contribution in [0, 0.1) is 0 Å². The highest BCUT2D eigenvalue weighted by atomic mass is 32.2. The zero-order valence-electron chi connectivity index (χ0n) is 11.4. The summed E-state index contributed by atoms with van der Waals surface area (Å²) in [5.41, 5.74) is 5.38. The highest BCUT2D eigenvalue weighted by Crippen LogP contribution is 2.22. The number of hydrogen-bond donors (Lipinski definition) is 2. The fourth-order valence-corrected chi connectivity index (χ4v) is 3.71. The van der Waals surface area contributed by atoms with E-state index in [0.29, 0.717) is 31.2 Å². The first-order chi connectivity index (χ1) is 8.73. The molecular weight excluding hydrogens is 284 g/mol. The third-order valence-corrected chi connectivity index (χ3v) is 6.04. The van der Waals surface area contributed by atoms with Crippen LogP contribution < -0.4 is 10.5 Å². The fraction of sp³-hybridized carbons (Fsp3) is 0.909. The molecule has 0 aromatic carbocycles. The molecule has 110 valence electrons. The van der Waals surface area contributed by atoms with Crippen molar-refractivity contribution in [2.45, 2.75) is 38.3 Å². The number of nitrogens with zero attached hydrogens (tertiary/aromatic N) is 2. The van der Waals surface area contributed by atoms with Crippen LogP contribution in [0.15, 0.2) is 0 Å². The SMILES string of the molecule is CC(C)(C(N)=S)N1CCN(S(=O)(=O)NC2CC2)CC1. The normalized spacial score (nSPS) is 23.5. The third kappa shape index (κ3) is 3.43. The summed E-state index contributed by atoms with van der Waals surface area (Å²) >= 11 is 5.07. The summed E-state index contributed by atoms with van der Waals surface area (Å²) < 4.78 is 28.4. The van der Waals surface area contributed by atoms with E-state index in [4.69, 9.17) is 18.0 Å². The van der Waals surface area contributed by atoms with Gasteiger partial charge in [0.1, 0.15) is 0 Å². The Labute approximate surface area is 120 Å². The third-order valence-electron chi connectivity index (χ3n) is 3.87. The maximum Gasteiger partial charge on any atom is 0.279 e. The van der Waals surface area contributed by atoms with Gasteiger partial charge in [0, 0.05) is 32.2 Å². The largest absolute Gasteiger partial charge is 0.392 e. The molecular formula is C11H22N4O2S2. The van der Waals surface area contributed by atoms with Crippen LogP contribution in [-0.2, 0) is 10.2 Å². The van der Waals surface area contributed by atoms with E-state index in [1.807, 2.05) is 13.8 Å². The van der Waals surface area contributed by atoms with Crippen LogP contribution in [0.5, 0.6) is 0 Å². The van der Waals surface area contributed by atoms with Crippen LogP contribution >= 0.6 is 12.2 Å². The topological polar surface area (TPSA) is 78.7 Å². The Hall–Kier alpha value is -0.280. The molecule has 1 saturated heterocycles. The number of piperazine rings is 1. The van der Waals surface area contributed by atoms with E-state index in [0.717, 1.165) is 12.8 Å². The fourth-order valence-electron chi connectivity index (χ4n) is 2.13. The van der Waals surface area contributed by atoms with Crippen LogP contribution in [-0.4, -0.2) is 60.4 Å². The average molecular weight is 306 g/mol. The first kappa shape index (κ1) is 15.1. The highest BCUT2D eigenvalue weighted by molar-refractivity contribution is 7.87. The summed E-state index contributed by atoms with van der Waals surface area (Å²) in [6.45, 7) is 6.21. The molecule has 2 rings (SSSR count). The minimum Gasteiger partial charge on any atom is -0.392 e. The van der Waals surface area contributed by atoms with E-state index in [1.165, 1.54) is 4.31 Å². The molecule has 3 N–H and O–H groups in total. The molecule has 1 aliphatic heterocycles. The molecule has 0 bridgehead atoms. The molecule has 1 aliphatic carbocycles. The summed E-state index contributed by atoms with van der Waals surface area (Å²) in [7, 11) is -3.32. The van der Waals surface area contributed by atoms with Gasteiger partial charge in [-0.1, -0.05) is 12.2 Å². The Kier molecular flexibility index (Phi) is 4.18. The van der Waals surface area contributed by atoms with Gasteiger partial charge in [-0.3, -0.25) is 4.90 Å². The summed E-state index contributed by atoms with van der Waals surface area (Å²) in [6.07, 6.45) is 1.90. The number of rotatable bonds is 5. The maximum absolute atomic E-state index is 12.1. The van der Waals surface area contributed by atoms with Gasteiger partial charge in [-0.2, -0.15) is 17.4 Å². The molecule has 0 amide bonds. The second-order valence-corrected chi connectivity index (χ2v) is 7.85. The van der Waals surface area contributed by atoms with E-state index in [9.17, 15) is 8.42 Å². The monoisotopic (exact) mass is 306 g/mol. The lowest BCUT2D eigenvalue weighted by molar-refractivity contribution is 0.123. The maximum atomic E-state index is 12.1. The van der Waals surface area contributed by atoms with Crippen molar-refractivity contribution in [2.24, 2.45) is 5.73 Å². The van der Waals surface area contributed by atoms with E-state index in [1.54, 1.807) is 0 Å². The summed E-state index contributed by atoms with van der Waals surface area (Å²) in [4.78, 5) is 2.58. The van der Waals surface area contributed by atoms with Crippen molar-refractivity contribution < 1.29 is 8.42 Å². The molecule has 2 fully saturated rings. The van der Waals surface area contributed by atoms with Gasteiger partial charge in [0.2, 0.25) is 0 Å². The highest BCUT2D eigenvalue weighted by Gasteiger charge is 2.37. The Morgan fingerprint density at radius 2 is 1.79 bits per heavy atom. The van der Waals surface area contributed by atoms with Crippen molar-refractivity contribution in [3.05, 3.63) is 0 Å². The van der Waals surface area contributed by atoms with E-state index in [-0.39, 0.29) is 11.6 Å². The van der Waals surface area contributed by atoms with E-state index >= 15 is 0 Å². The van der Waals surface area contributed by atoms with E-state index in [2.05, 4.69) is 9.62 Å². The second-order valence-electron chi connectivity index (χ2n) is 5.71. The molecule has 1 heterocycles. The van der Waals surface area contributed by atoms with E-state index < -0.39 is 10.2 Å². The van der Waals surface area contributed by atoms with Crippen LogP contribution in [0.1, 0.15) is 26.7 Å². The first-order valence-corrected chi connectivity index (χ1v) is 8.40. The molecule has 0 aromatic rings. The molecule has 0 atom stereocenters. The van der Waals surface area contributed by atoms with Gasteiger partial charge in [-0.15, -0.1) is 0 Å². The lowest BCUT2D eigenvalue weighted by Gasteiger charge is -2.42. The predicted molar refractivity (Wildman–Crippen MR) is 79.1 cm³/mol. The zero-order valence-corrected chi connectivity index (χ0v) is 13.1. The number of nitrogens with one attached hydrogen (secondary N) is 1. The van der Waals surface area contributed by atoms with Gasteiger partial charge in [0.25, 0.3) is 10.2 Å². The summed E-state index contributed by atoms with van der Waals surface area (Å²) in [6, 6.07) is 0.149. The minimum absolute atomic E-state index is 0.149. The van der Waals surface area contributed by atoms with Gasteiger partial charge in [-0.05, 0) is 26.7 Å². The molecule has 8 heteroatoms.